The summed E-state index contributed by atoms with van der Waals surface area (Å²) in [5.41, 5.74) is 5.39. The molecule has 0 aromatic carbocycles. The van der Waals surface area contributed by atoms with Crippen LogP contribution in [-0.4, -0.2) is 22.3 Å². The Hall–Kier alpha value is -1.87. The van der Waals surface area contributed by atoms with Gasteiger partial charge < -0.3 is 0 Å². The van der Waals surface area contributed by atoms with Crippen LogP contribution in [0.5, 0.6) is 0 Å². The van der Waals surface area contributed by atoms with Crippen LogP contribution in [0.2, 0.25) is 0 Å². The molecule has 0 bridgehead atoms. The second-order valence-corrected chi connectivity index (χ2v) is 4.24. The first kappa shape index (κ1) is 15.2. The lowest BCUT2D eigenvalue weighted by Crippen LogP contribution is -2.23. The van der Waals surface area contributed by atoms with Crippen molar-refractivity contribution in [2.45, 2.75) is 46.6 Å². The van der Waals surface area contributed by atoms with Gasteiger partial charge in [-0.1, -0.05) is 0 Å². The molecule has 1 amide bonds. The molecule has 0 saturated heterocycles. The number of aromatic nitrogens is 2. The van der Waals surface area contributed by atoms with Gasteiger partial charge in [0.15, 0.2) is 0 Å². The Morgan fingerprint density at radius 3 is 2.89 bits per heavy atom. The minimum Gasteiger partial charge on any atom is -0.274 e. The van der Waals surface area contributed by atoms with Crippen molar-refractivity contribution >= 4 is 5.91 Å². The van der Waals surface area contributed by atoms with Crippen molar-refractivity contribution in [3.8, 4) is 6.07 Å². The smallest absolute Gasteiger partial charge is 0.243 e. The van der Waals surface area contributed by atoms with Crippen LogP contribution in [0.4, 0.5) is 0 Å². The normalized spacial score (nSPS) is 10.2. The fourth-order valence-corrected chi connectivity index (χ4v) is 1.91. The highest BCUT2D eigenvalue weighted by atomic mass is 16.6. The van der Waals surface area contributed by atoms with Crippen molar-refractivity contribution in [1.82, 2.24) is 15.3 Å². The molecule has 0 radical (unpaired) electrons. The summed E-state index contributed by atoms with van der Waals surface area (Å²) in [6.07, 6.45) is 1.43. The lowest BCUT2D eigenvalue weighted by Gasteiger charge is -2.05. The monoisotopic (exact) mass is 264 g/mol. The Kier molecular flexibility index (Phi) is 6.03. The zero-order valence-corrected chi connectivity index (χ0v) is 11.7. The average Bonchev–Trinajstić information content (AvgIpc) is 2.66. The topological polar surface area (TPSA) is 79.9 Å². The fourth-order valence-electron chi connectivity index (χ4n) is 1.91. The van der Waals surface area contributed by atoms with Gasteiger partial charge in [0.2, 0.25) is 5.91 Å². The summed E-state index contributed by atoms with van der Waals surface area (Å²) in [5.74, 6) is -0.134. The number of nitrogens with one attached hydrogen (secondary N) is 1. The van der Waals surface area contributed by atoms with Gasteiger partial charge in [-0.3, -0.25) is 14.3 Å². The van der Waals surface area contributed by atoms with Crippen molar-refractivity contribution < 1.29 is 9.63 Å². The molecular formula is C13H20N4O2. The highest BCUT2D eigenvalue weighted by Crippen LogP contribution is 2.15. The predicted octanol–water partition coefficient (Wildman–Crippen LogP) is 1.41. The standard InChI is InChI=1S/C13H20N4O2/c1-4-19-16-13(18)7-6-12-10(2)15-17(11(12)3)9-5-8-14/h4-7,9H2,1-3H3,(H,16,18). The summed E-state index contributed by atoms with van der Waals surface area (Å²) in [7, 11) is 0. The number of carbonyl (C=O) groups excluding carboxylic acids is 1. The van der Waals surface area contributed by atoms with Crippen LogP contribution in [0.1, 0.15) is 36.7 Å². The van der Waals surface area contributed by atoms with E-state index >= 15 is 0 Å². The molecule has 6 heteroatoms. The van der Waals surface area contributed by atoms with E-state index in [1.807, 2.05) is 25.5 Å². The van der Waals surface area contributed by atoms with Crippen LogP contribution in [-0.2, 0) is 22.6 Å². The average molecular weight is 264 g/mol. The van der Waals surface area contributed by atoms with Crippen molar-refractivity contribution in [3.05, 3.63) is 17.0 Å². The van der Waals surface area contributed by atoms with Gasteiger partial charge in [0.05, 0.1) is 31.3 Å². The van der Waals surface area contributed by atoms with E-state index in [1.165, 1.54) is 0 Å². The lowest BCUT2D eigenvalue weighted by atomic mass is 10.1. The van der Waals surface area contributed by atoms with Crippen molar-refractivity contribution in [1.29, 1.82) is 5.26 Å². The van der Waals surface area contributed by atoms with Crippen molar-refractivity contribution in [2.24, 2.45) is 0 Å². The minimum atomic E-state index is -0.134. The third-order valence-electron chi connectivity index (χ3n) is 2.90. The van der Waals surface area contributed by atoms with E-state index in [1.54, 1.807) is 0 Å². The number of hydrogen-bond donors (Lipinski definition) is 1. The summed E-state index contributed by atoms with van der Waals surface area (Å²) in [5, 5.41) is 13.0. The predicted molar refractivity (Wildman–Crippen MR) is 70.0 cm³/mol. The number of nitrogens with zero attached hydrogens (tertiary/aromatic N) is 3. The van der Waals surface area contributed by atoms with Crippen LogP contribution >= 0.6 is 0 Å². The first-order chi connectivity index (χ1) is 9.10. The van der Waals surface area contributed by atoms with Crippen molar-refractivity contribution in [3.63, 3.8) is 0 Å². The molecule has 0 spiro atoms. The maximum atomic E-state index is 11.5. The number of amides is 1. The van der Waals surface area contributed by atoms with Gasteiger partial charge in [-0.2, -0.15) is 10.4 Å². The van der Waals surface area contributed by atoms with Crippen LogP contribution in [0.25, 0.3) is 0 Å². The molecule has 1 aromatic heterocycles. The molecule has 0 aliphatic carbocycles. The van der Waals surface area contributed by atoms with E-state index in [9.17, 15) is 4.79 Å². The number of rotatable bonds is 7. The molecule has 1 rings (SSSR count). The van der Waals surface area contributed by atoms with Crippen LogP contribution in [0.15, 0.2) is 0 Å². The molecule has 0 saturated carbocycles. The maximum Gasteiger partial charge on any atom is 0.243 e. The number of hydrogen-bond acceptors (Lipinski definition) is 4. The van der Waals surface area contributed by atoms with E-state index in [0.717, 1.165) is 17.0 Å². The van der Waals surface area contributed by atoms with E-state index in [0.29, 0.717) is 32.4 Å². The number of nitriles is 1. The van der Waals surface area contributed by atoms with Crippen LogP contribution in [0, 0.1) is 25.2 Å². The zero-order chi connectivity index (χ0) is 14.3. The Bertz CT molecular complexity index is 474. The molecule has 0 unspecified atom stereocenters. The summed E-state index contributed by atoms with van der Waals surface area (Å²) in [6.45, 7) is 6.75. The maximum absolute atomic E-state index is 11.5. The lowest BCUT2D eigenvalue weighted by molar-refractivity contribution is -0.133. The Morgan fingerprint density at radius 1 is 1.53 bits per heavy atom. The molecule has 1 heterocycles. The third kappa shape index (κ3) is 4.38. The molecule has 0 aliphatic rings. The van der Waals surface area contributed by atoms with E-state index in [2.05, 4.69) is 16.6 Å². The number of hydroxylamine groups is 1. The van der Waals surface area contributed by atoms with Gasteiger partial charge in [-0.25, -0.2) is 5.48 Å². The van der Waals surface area contributed by atoms with Crippen LogP contribution < -0.4 is 5.48 Å². The fraction of sp³-hybridized carbons (Fsp3) is 0.615. The molecule has 0 atom stereocenters. The van der Waals surface area contributed by atoms with E-state index < -0.39 is 0 Å². The van der Waals surface area contributed by atoms with Crippen molar-refractivity contribution in [2.75, 3.05) is 6.61 Å². The largest absolute Gasteiger partial charge is 0.274 e. The van der Waals surface area contributed by atoms with Crippen LogP contribution in [0.3, 0.4) is 0 Å². The Labute approximate surface area is 113 Å². The van der Waals surface area contributed by atoms with E-state index in [-0.39, 0.29) is 5.91 Å². The van der Waals surface area contributed by atoms with Gasteiger partial charge in [-0.15, -0.1) is 0 Å². The first-order valence-electron chi connectivity index (χ1n) is 6.40. The van der Waals surface area contributed by atoms with Gasteiger partial charge in [0.1, 0.15) is 0 Å². The van der Waals surface area contributed by atoms with Gasteiger partial charge in [0.25, 0.3) is 0 Å². The third-order valence-corrected chi connectivity index (χ3v) is 2.90. The summed E-state index contributed by atoms with van der Waals surface area (Å²) in [6, 6.07) is 2.10. The highest BCUT2D eigenvalue weighted by molar-refractivity contribution is 5.75. The Morgan fingerprint density at radius 2 is 2.26 bits per heavy atom. The highest BCUT2D eigenvalue weighted by Gasteiger charge is 2.12. The SMILES string of the molecule is CCONC(=O)CCc1c(C)nn(CCC#N)c1C. The molecule has 0 fully saturated rings. The van der Waals surface area contributed by atoms with Gasteiger partial charge in [0, 0.05) is 12.1 Å². The molecule has 19 heavy (non-hydrogen) atoms. The first-order valence-corrected chi connectivity index (χ1v) is 6.40. The molecule has 1 aromatic rings. The molecule has 1 N–H and O–H groups in total. The van der Waals surface area contributed by atoms with E-state index in [4.69, 9.17) is 10.1 Å². The quantitative estimate of drug-likeness (QED) is 0.755. The Balaban J connectivity index is 2.61. The minimum absolute atomic E-state index is 0.134. The molecular weight excluding hydrogens is 244 g/mol. The van der Waals surface area contributed by atoms with Gasteiger partial charge in [-0.05, 0) is 32.8 Å². The number of carbonyl (C=O) groups is 1. The summed E-state index contributed by atoms with van der Waals surface area (Å²) >= 11 is 0. The summed E-state index contributed by atoms with van der Waals surface area (Å²) < 4.78 is 1.83. The zero-order valence-electron chi connectivity index (χ0n) is 11.7. The second-order valence-electron chi connectivity index (χ2n) is 4.24. The second kappa shape index (κ2) is 7.54. The molecule has 0 aliphatic heterocycles. The molecule has 104 valence electrons. The summed E-state index contributed by atoms with van der Waals surface area (Å²) in [4.78, 5) is 16.3. The van der Waals surface area contributed by atoms with Gasteiger partial charge >= 0.3 is 0 Å². The number of aryl methyl sites for hydroxylation is 2. The molecule has 6 nitrogen and oxygen atoms in total.